The van der Waals surface area contributed by atoms with E-state index in [0.717, 1.165) is 71.0 Å². The predicted molar refractivity (Wildman–Crippen MR) is 123 cm³/mol. The minimum atomic E-state index is -0.132. The van der Waals surface area contributed by atoms with Crippen molar-refractivity contribution in [1.82, 2.24) is 34.8 Å². The molecule has 32 heavy (non-hydrogen) atoms. The number of fused-ring (bicyclic) bond motifs is 2. The summed E-state index contributed by atoms with van der Waals surface area (Å²) in [6.45, 7) is 8.57. The fourth-order valence-electron chi connectivity index (χ4n) is 5.60. The van der Waals surface area contributed by atoms with Gasteiger partial charge in [-0.25, -0.2) is 0 Å². The first-order chi connectivity index (χ1) is 15.7. The van der Waals surface area contributed by atoms with Gasteiger partial charge in [-0.05, 0) is 51.4 Å². The lowest BCUT2D eigenvalue weighted by Crippen LogP contribution is -2.56. The number of carbonyl (C=O) groups excluding carboxylic acids is 1. The van der Waals surface area contributed by atoms with Gasteiger partial charge < -0.3 is 14.8 Å². The lowest BCUT2D eigenvalue weighted by Gasteiger charge is -2.49. The molecule has 0 radical (unpaired) electrons. The van der Waals surface area contributed by atoms with Gasteiger partial charge in [0.2, 0.25) is 5.82 Å². The number of hydrogen-bond donors (Lipinski definition) is 1. The van der Waals surface area contributed by atoms with E-state index in [2.05, 4.69) is 72.2 Å². The summed E-state index contributed by atoms with van der Waals surface area (Å²) in [6, 6.07) is 10.7. The third-order valence-electron chi connectivity index (χ3n) is 7.60. The van der Waals surface area contributed by atoms with Crippen LogP contribution in [0.25, 0.3) is 0 Å². The fourth-order valence-corrected chi connectivity index (χ4v) is 5.60. The summed E-state index contributed by atoms with van der Waals surface area (Å²) >= 11 is 0. The Morgan fingerprint density at radius 2 is 1.72 bits per heavy atom. The quantitative estimate of drug-likeness (QED) is 0.739. The number of nitrogens with one attached hydrogen (secondary N) is 1. The minimum Gasteiger partial charge on any atom is -0.348 e. The van der Waals surface area contributed by atoms with E-state index >= 15 is 0 Å². The molecule has 2 fully saturated rings. The second kappa shape index (κ2) is 9.29. The number of amides is 1. The van der Waals surface area contributed by atoms with Crippen molar-refractivity contribution in [3.8, 4) is 0 Å². The molecule has 0 unspecified atom stereocenters. The summed E-state index contributed by atoms with van der Waals surface area (Å²) in [5.41, 5.74) is 1.23. The Morgan fingerprint density at radius 3 is 2.47 bits per heavy atom. The van der Waals surface area contributed by atoms with Gasteiger partial charge in [0.05, 0.1) is 5.54 Å². The molecule has 8 heteroatoms. The number of rotatable bonds is 6. The first kappa shape index (κ1) is 21.6. The number of nitrogens with zero attached hydrogens (tertiary/aromatic N) is 6. The molecule has 4 heterocycles. The molecule has 3 aliphatic rings. The predicted octanol–water partition coefficient (Wildman–Crippen LogP) is 1.54. The molecule has 0 atom stereocenters. The Balaban J connectivity index is 1.25. The summed E-state index contributed by atoms with van der Waals surface area (Å²) in [5, 5.41) is 12.0. The smallest absolute Gasteiger partial charge is 0.289 e. The Morgan fingerprint density at radius 1 is 0.969 bits per heavy atom. The standard InChI is InChI=1S/C24H35N7O/c1-28-17-18-31-21(22(32)25-11-16-29-12-5-6-13-29)26-27-23(31)24(28)9-14-30(15-10-24)19-20-7-3-2-4-8-20/h2-4,7-8H,5-6,9-19H2,1H3,(H,25,32). The number of aromatic nitrogens is 3. The first-order valence-corrected chi connectivity index (χ1v) is 12.1. The van der Waals surface area contributed by atoms with E-state index in [1.54, 1.807) is 0 Å². The Hall–Kier alpha value is -2.29. The van der Waals surface area contributed by atoms with E-state index in [0.29, 0.717) is 12.4 Å². The van der Waals surface area contributed by atoms with Crippen molar-refractivity contribution in [1.29, 1.82) is 0 Å². The van der Waals surface area contributed by atoms with Gasteiger partial charge in [0.15, 0.2) is 5.82 Å². The van der Waals surface area contributed by atoms with Crippen LogP contribution >= 0.6 is 0 Å². The van der Waals surface area contributed by atoms with Gasteiger partial charge in [0, 0.05) is 45.8 Å². The van der Waals surface area contributed by atoms with E-state index in [1.165, 1.54) is 18.4 Å². The van der Waals surface area contributed by atoms with Crippen LogP contribution in [0.2, 0.25) is 0 Å². The molecule has 1 aromatic heterocycles. The highest BCUT2D eigenvalue weighted by Crippen LogP contribution is 2.40. The summed E-state index contributed by atoms with van der Waals surface area (Å²) in [6.07, 6.45) is 4.55. The third kappa shape index (κ3) is 4.19. The topological polar surface area (TPSA) is 69.5 Å². The van der Waals surface area contributed by atoms with Crippen LogP contribution in [0.1, 0.15) is 47.7 Å². The molecule has 1 amide bonds. The monoisotopic (exact) mass is 437 g/mol. The lowest BCUT2D eigenvalue weighted by atomic mass is 9.83. The average molecular weight is 438 g/mol. The zero-order chi connectivity index (χ0) is 22.0. The van der Waals surface area contributed by atoms with Crippen LogP contribution in [0.4, 0.5) is 0 Å². The van der Waals surface area contributed by atoms with Gasteiger partial charge >= 0.3 is 0 Å². The molecular formula is C24H35N7O. The molecule has 2 saturated heterocycles. The molecule has 1 N–H and O–H groups in total. The second-order valence-electron chi connectivity index (χ2n) is 9.52. The summed E-state index contributed by atoms with van der Waals surface area (Å²) in [4.78, 5) is 20.3. The fraction of sp³-hybridized carbons (Fsp3) is 0.625. The number of hydrogen-bond acceptors (Lipinski definition) is 6. The number of piperidine rings is 1. The molecule has 1 aromatic carbocycles. The van der Waals surface area contributed by atoms with Crippen LogP contribution in [0, 0.1) is 0 Å². The molecular weight excluding hydrogens is 402 g/mol. The Bertz CT molecular complexity index is 914. The van der Waals surface area contributed by atoms with Gasteiger partial charge in [-0.3, -0.25) is 14.6 Å². The van der Waals surface area contributed by atoms with Gasteiger partial charge in [-0.1, -0.05) is 30.3 Å². The van der Waals surface area contributed by atoms with E-state index in [1.807, 2.05) is 0 Å². The average Bonchev–Trinajstić information content (AvgIpc) is 3.49. The molecule has 172 valence electrons. The highest BCUT2D eigenvalue weighted by Gasteiger charge is 2.46. The van der Waals surface area contributed by atoms with Crippen LogP contribution in [0.5, 0.6) is 0 Å². The molecule has 0 saturated carbocycles. The van der Waals surface area contributed by atoms with Crippen molar-refractivity contribution in [3.63, 3.8) is 0 Å². The van der Waals surface area contributed by atoms with E-state index in [-0.39, 0.29) is 11.4 Å². The molecule has 8 nitrogen and oxygen atoms in total. The SMILES string of the molecule is CN1CCn2c(C(=O)NCCN3CCCC3)nnc2C12CCN(Cc1ccccc1)CC2. The summed E-state index contributed by atoms with van der Waals surface area (Å²) in [7, 11) is 2.20. The zero-order valence-corrected chi connectivity index (χ0v) is 19.2. The summed E-state index contributed by atoms with van der Waals surface area (Å²) in [5.74, 6) is 1.35. The molecule has 3 aliphatic heterocycles. The number of carbonyl (C=O) groups is 1. The van der Waals surface area contributed by atoms with Crippen LogP contribution in [0.3, 0.4) is 0 Å². The molecule has 1 spiro atoms. The first-order valence-electron chi connectivity index (χ1n) is 12.1. The van der Waals surface area contributed by atoms with Crippen LogP contribution in [-0.4, -0.2) is 88.2 Å². The zero-order valence-electron chi connectivity index (χ0n) is 19.2. The van der Waals surface area contributed by atoms with E-state index in [4.69, 9.17) is 0 Å². The Labute approximate surface area is 190 Å². The second-order valence-corrected chi connectivity index (χ2v) is 9.52. The van der Waals surface area contributed by atoms with Crippen molar-refractivity contribution < 1.29 is 4.79 Å². The van der Waals surface area contributed by atoms with Crippen molar-refractivity contribution in [3.05, 3.63) is 47.5 Å². The lowest BCUT2D eigenvalue weighted by molar-refractivity contribution is 0.00614. The van der Waals surface area contributed by atoms with Gasteiger partial charge in [0.1, 0.15) is 0 Å². The maximum atomic E-state index is 12.9. The highest BCUT2D eigenvalue weighted by molar-refractivity contribution is 5.90. The van der Waals surface area contributed by atoms with Gasteiger partial charge in [-0.15, -0.1) is 10.2 Å². The van der Waals surface area contributed by atoms with Crippen LogP contribution in [0.15, 0.2) is 30.3 Å². The van der Waals surface area contributed by atoms with E-state index in [9.17, 15) is 4.79 Å². The van der Waals surface area contributed by atoms with Crippen molar-refractivity contribution in [2.45, 2.75) is 44.3 Å². The minimum absolute atomic E-state index is 0.0934. The molecule has 5 rings (SSSR count). The highest BCUT2D eigenvalue weighted by atomic mass is 16.2. The third-order valence-corrected chi connectivity index (χ3v) is 7.60. The van der Waals surface area contributed by atoms with Crippen LogP contribution < -0.4 is 5.32 Å². The van der Waals surface area contributed by atoms with E-state index < -0.39 is 0 Å². The van der Waals surface area contributed by atoms with Gasteiger partial charge in [0.25, 0.3) is 5.91 Å². The molecule has 2 aromatic rings. The molecule has 0 aliphatic carbocycles. The van der Waals surface area contributed by atoms with Crippen LogP contribution in [-0.2, 0) is 18.6 Å². The number of likely N-dealkylation sites (tertiary alicyclic amines) is 2. The molecule has 0 bridgehead atoms. The van der Waals surface area contributed by atoms with Crippen molar-refractivity contribution in [2.24, 2.45) is 0 Å². The maximum Gasteiger partial charge on any atom is 0.289 e. The maximum absolute atomic E-state index is 12.9. The normalized spacial score (nSPS) is 21.7. The number of benzene rings is 1. The Kier molecular flexibility index (Phi) is 6.26. The van der Waals surface area contributed by atoms with Crippen molar-refractivity contribution >= 4 is 5.91 Å². The summed E-state index contributed by atoms with van der Waals surface area (Å²) < 4.78 is 2.08. The van der Waals surface area contributed by atoms with Crippen molar-refractivity contribution in [2.75, 3.05) is 52.9 Å². The largest absolute Gasteiger partial charge is 0.348 e. The van der Waals surface area contributed by atoms with Gasteiger partial charge in [-0.2, -0.15) is 0 Å². The number of likely N-dealkylation sites (N-methyl/N-ethyl adjacent to an activating group) is 1.